The molecule has 0 aliphatic heterocycles. The number of benzene rings is 1. The summed E-state index contributed by atoms with van der Waals surface area (Å²) < 4.78 is 26.9. The van der Waals surface area contributed by atoms with E-state index >= 15 is 0 Å². The van der Waals surface area contributed by atoms with Crippen molar-refractivity contribution in [1.82, 2.24) is 9.62 Å². The standard InChI is InChI=1S/C12H22N4O2S/c1-10(8-9-16(2)3)15-19(17,18)12-6-4-11(14-13)5-7-12/h4-7,10,14-15H,8-9,13H2,1-3H3. The molecule has 7 heteroatoms. The highest BCUT2D eigenvalue weighted by Crippen LogP contribution is 2.13. The van der Waals surface area contributed by atoms with Crippen LogP contribution in [0, 0.1) is 0 Å². The van der Waals surface area contributed by atoms with E-state index < -0.39 is 10.0 Å². The zero-order valence-corrected chi connectivity index (χ0v) is 12.4. The lowest BCUT2D eigenvalue weighted by molar-refractivity contribution is 0.379. The third-order valence-corrected chi connectivity index (χ3v) is 4.30. The molecule has 1 aromatic carbocycles. The topological polar surface area (TPSA) is 87.5 Å². The number of nitrogen functional groups attached to an aromatic ring is 1. The van der Waals surface area contributed by atoms with Gasteiger partial charge in [-0.15, -0.1) is 0 Å². The van der Waals surface area contributed by atoms with E-state index in [1.165, 1.54) is 12.1 Å². The molecule has 1 atom stereocenters. The Kier molecular flexibility index (Phi) is 5.74. The second-order valence-corrected chi connectivity index (χ2v) is 6.50. The smallest absolute Gasteiger partial charge is 0.240 e. The second kappa shape index (κ2) is 6.85. The highest BCUT2D eigenvalue weighted by atomic mass is 32.2. The van der Waals surface area contributed by atoms with Crippen LogP contribution in [-0.2, 0) is 10.0 Å². The van der Waals surface area contributed by atoms with E-state index in [0.29, 0.717) is 5.69 Å². The number of hydrogen-bond donors (Lipinski definition) is 3. The molecule has 0 aliphatic rings. The largest absolute Gasteiger partial charge is 0.324 e. The van der Waals surface area contributed by atoms with Gasteiger partial charge in [-0.05, 0) is 58.3 Å². The van der Waals surface area contributed by atoms with Crippen molar-refractivity contribution in [2.45, 2.75) is 24.3 Å². The summed E-state index contributed by atoms with van der Waals surface area (Å²) in [4.78, 5) is 2.26. The van der Waals surface area contributed by atoms with Crippen LogP contribution < -0.4 is 16.0 Å². The van der Waals surface area contributed by atoms with E-state index in [9.17, 15) is 8.42 Å². The maximum Gasteiger partial charge on any atom is 0.240 e. The molecule has 0 fully saturated rings. The molecule has 0 aromatic heterocycles. The monoisotopic (exact) mass is 286 g/mol. The first-order valence-corrected chi connectivity index (χ1v) is 7.57. The van der Waals surface area contributed by atoms with Crippen molar-refractivity contribution in [3.63, 3.8) is 0 Å². The summed E-state index contributed by atoms with van der Waals surface area (Å²) in [5, 5.41) is 0. The quantitative estimate of drug-likeness (QED) is 0.504. The highest BCUT2D eigenvalue weighted by molar-refractivity contribution is 7.89. The Balaban J connectivity index is 2.69. The van der Waals surface area contributed by atoms with Crippen LogP contribution in [0.2, 0.25) is 0 Å². The van der Waals surface area contributed by atoms with E-state index in [4.69, 9.17) is 5.84 Å². The van der Waals surface area contributed by atoms with E-state index in [1.807, 2.05) is 25.9 Å². The fourth-order valence-electron chi connectivity index (χ4n) is 1.57. The van der Waals surface area contributed by atoms with Gasteiger partial charge in [0.1, 0.15) is 0 Å². The number of anilines is 1. The minimum atomic E-state index is -3.47. The summed E-state index contributed by atoms with van der Waals surface area (Å²) in [6, 6.07) is 6.18. The summed E-state index contributed by atoms with van der Waals surface area (Å²) in [6.45, 7) is 2.69. The number of nitrogens with one attached hydrogen (secondary N) is 2. The number of hydrogen-bond acceptors (Lipinski definition) is 5. The van der Waals surface area contributed by atoms with Gasteiger partial charge < -0.3 is 10.3 Å². The van der Waals surface area contributed by atoms with Crippen LogP contribution in [0.4, 0.5) is 5.69 Å². The van der Waals surface area contributed by atoms with Gasteiger partial charge in [0, 0.05) is 11.7 Å². The van der Waals surface area contributed by atoms with Crippen LogP contribution in [0.3, 0.4) is 0 Å². The predicted molar refractivity (Wildman–Crippen MR) is 77.2 cm³/mol. The number of hydrazine groups is 1. The normalized spacial score (nSPS) is 13.5. The van der Waals surface area contributed by atoms with E-state index in [0.717, 1.165) is 13.0 Å². The lowest BCUT2D eigenvalue weighted by Gasteiger charge is -2.17. The van der Waals surface area contributed by atoms with Gasteiger partial charge in [-0.3, -0.25) is 5.84 Å². The van der Waals surface area contributed by atoms with Crippen molar-refractivity contribution < 1.29 is 8.42 Å². The molecule has 19 heavy (non-hydrogen) atoms. The lowest BCUT2D eigenvalue weighted by Crippen LogP contribution is -2.34. The molecule has 0 saturated heterocycles. The van der Waals surface area contributed by atoms with Crippen molar-refractivity contribution in [2.75, 3.05) is 26.1 Å². The maximum absolute atomic E-state index is 12.1. The minimum Gasteiger partial charge on any atom is -0.324 e. The van der Waals surface area contributed by atoms with Crippen molar-refractivity contribution in [1.29, 1.82) is 0 Å². The molecule has 0 aliphatic carbocycles. The fraction of sp³-hybridized carbons (Fsp3) is 0.500. The summed E-state index contributed by atoms with van der Waals surface area (Å²) in [6.07, 6.45) is 0.759. The third-order valence-electron chi connectivity index (χ3n) is 2.70. The molecule has 4 N–H and O–H groups in total. The second-order valence-electron chi connectivity index (χ2n) is 4.78. The number of nitrogens with zero attached hydrogens (tertiary/aromatic N) is 1. The molecule has 0 radical (unpaired) electrons. The van der Waals surface area contributed by atoms with Gasteiger partial charge in [-0.2, -0.15) is 0 Å². The van der Waals surface area contributed by atoms with Crippen LogP contribution in [-0.4, -0.2) is 40.0 Å². The van der Waals surface area contributed by atoms with Crippen LogP contribution >= 0.6 is 0 Å². The molecule has 0 spiro atoms. The zero-order chi connectivity index (χ0) is 14.5. The third kappa shape index (κ3) is 5.15. The molecular weight excluding hydrogens is 264 g/mol. The Hall–Kier alpha value is -1.15. The van der Waals surface area contributed by atoms with Crippen LogP contribution in [0.15, 0.2) is 29.2 Å². The molecule has 0 bridgehead atoms. The number of rotatable bonds is 7. The van der Waals surface area contributed by atoms with Crippen LogP contribution in [0.1, 0.15) is 13.3 Å². The molecule has 1 rings (SSSR count). The average molecular weight is 286 g/mol. The summed E-state index contributed by atoms with van der Waals surface area (Å²) >= 11 is 0. The molecule has 6 nitrogen and oxygen atoms in total. The first kappa shape index (κ1) is 15.9. The van der Waals surface area contributed by atoms with Gasteiger partial charge in [0.2, 0.25) is 10.0 Å². The summed E-state index contributed by atoms with van der Waals surface area (Å²) in [5.41, 5.74) is 3.12. The molecule has 0 saturated carbocycles. The maximum atomic E-state index is 12.1. The van der Waals surface area contributed by atoms with Crippen LogP contribution in [0.25, 0.3) is 0 Å². The van der Waals surface area contributed by atoms with E-state index in [-0.39, 0.29) is 10.9 Å². The Morgan fingerprint density at radius 3 is 2.32 bits per heavy atom. The molecule has 0 amide bonds. The summed E-state index contributed by atoms with van der Waals surface area (Å²) in [7, 11) is 0.447. The first-order chi connectivity index (χ1) is 8.85. The van der Waals surface area contributed by atoms with Gasteiger partial charge in [0.15, 0.2) is 0 Å². The van der Waals surface area contributed by atoms with Crippen LogP contribution in [0.5, 0.6) is 0 Å². The van der Waals surface area contributed by atoms with Gasteiger partial charge >= 0.3 is 0 Å². The van der Waals surface area contributed by atoms with Crippen molar-refractivity contribution >= 4 is 15.7 Å². The van der Waals surface area contributed by atoms with Gasteiger partial charge in [0.25, 0.3) is 0 Å². The Morgan fingerprint density at radius 2 is 1.84 bits per heavy atom. The Morgan fingerprint density at radius 1 is 1.26 bits per heavy atom. The average Bonchev–Trinajstić information content (AvgIpc) is 2.36. The molecule has 1 unspecified atom stereocenters. The SMILES string of the molecule is CC(CCN(C)C)NS(=O)(=O)c1ccc(NN)cc1. The molecule has 108 valence electrons. The van der Waals surface area contributed by atoms with E-state index in [2.05, 4.69) is 10.1 Å². The Bertz CT molecular complexity index is 485. The first-order valence-electron chi connectivity index (χ1n) is 6.09. The highest BCUT2D eigenvalue weighted by Gasteiger charge is 2.17. The lowest BCUT2D eigenvalue weighted by atomic mass is 10.2. The minimum absolute atomic E-state index is 0.111. The molecule has 1 aromatic rings. The van der Waals surface area contributed by atoms with Crippen molar-refractivity contribution in [2.24, 2.45) is 5.84 Å². The Labute approximate surface area is 115 Å². The van der Waals surface area contributed by atoms with Crippen molar-refractivity contribution in [3.05, 3.63) is 24.3 Å². The number of nitrogens with two attached hydrogens (primary N) is 1. The summed E-state index contributed by atoms with van der Waals surface area (Å²) in [5.74, 6) is 5.24. The zero-order valence-electron chi connectivity index (χ0n) is 11.6. The van der Waals surface area contributed by atoms with Crippen molar-refractivity contribution in [3.8, 4) is 0 Å². The fourth-order valence-corrected chi connectivity index (χ4v) is 2.85. The molecule has 0 heterocycles. The van der Waals surface area contributed by atoms with Gasteiger partial charge in [-0.25, -0.2) is 13.1 Å². The van der Waals surface area contributed by atoms with E-state index in [1.54, 1.807) is 12.1 Å². The van der Waals surface area contributed by atoms with Gasteiger partial charge in [0.05, 0.1) is 4.90 Å². The predicted octanol–water partition coefficient (Wildman–Crippen LogP) is 0.591. The molecular formula is C12H22N4O2S. The van der Waals surface area contributed by atoms with Gasteiger partial charge in [-0.1, -0.05) is 0 Å². The number of sulfonamides is 1.